The molecule has 1 amide bonds. The van der Waals surface area contributed by atoms with Gasteiger partial charge in [-0.3, -0.25) is 10.1 Å². The number of carbonyl (C=O) groups is 1. The number of halogens is 2. The molecule has 1 heterocycles. The van der Waals surface area contributed by atoms with Gasteiger partial charge in [0, 0.05) is 11.1 Å². The third-order valence-corrected chi connectivity index (χ3v) is 8.32. The molecule has 1 aromatic carbocycles. The van der Waals surface area contributed by atoms with Gasteiger partial charge in [0.25, 0.3) is 15.9 Å². The first-order valence-corrected chi connectivity index (χ1v) is 11.5. The molecule has 2 fully saturated rings. The van der Waals surface area contributed by atoms with Gasteiger partial charge in [-0.1, -0.05) is 41.0 Å². The number of carbonyl (C=O) groups excluding carboxylic acids is 1. The number of hydrogen-bond donors (Lipinski definition) is 2. The van der Waals surface area contributed by atoms with Crippen molar-refractivity contribution in [2.45, 2.75) is 36.1 Å². The van der Waals surface area contributed by atoms with Crippen LogP contribution in [0, 0.1) is 11.8 Å². The predicted octanol–water partition coefficient (Wildman–Crippen LogP) is 3.56. The summed E-state index contributed by atoms with van der Waals surface area (Å²) < 4.78 is 27.7. The Balaban J connectivity index is 1.45. The second kappa shape index (κ2) is 7.29. The van der Waals surface area contributed by atoms with Crippen LogP contribution in [0.1, 0.15) is 36.0 Å². The van der Waals surface area contributed by atoms with Crippen molar-refractivity contribution >= 4 is 55.6 Å². The lowest BCUT2D eigenvalue weighted by Crippen LogP contribution is -2.38. The van der Waals surface area contributed by atoms with E-state index in [0.29, 0.717) is 16.9 Å². The Labute approximate surface area is 170 Å². The molecule has 2 aliphatic carbocycles. The molecule has 2 N–H and O–H groups in total. The number of sulfonamides is 1. The third-order valence-electron chi connectivity index (χ3n) is 5.08. The van der Waals surface area contributed by atoms with Crippen LogP contribution in [-0.4, -0.2) is 30.6 Å². The second-order valence-corrected chi connectivity index (χ2v) is 10.6. The van der Waals surface area contributed by atoms with Gasteiger partial charge < -0.3 is 0 Å². The summed E-state index contributed by atoms with van der Waals surface area (Å²) in [6.07, 6.45) is 4.22. The summed E-state index contributed by atoms with van der Waals surface area (Å²) in [6.45, 7) is 0. The zero-order valence-electron chi connectivity index (χ0n) is 14.0. The number of benzene rings is 1. The molecule has 0 spiro atoms. The summed E-state index contributed by atoms with van der Waals surface area (Å²) in [6, 6.07) is 4.43. The molecule has 0 unspecified atom stereocenters. The van der Waals surface area contributed by atoms with Crippen molar-refractivity contribution in [2.75, 3.05) is 5.32 Å². The highest BCUT2D eigenvalue weighted by Gasteiger charge is 2.41. The highest BCUT2D eigenvalue weighted by molar-refractivity contribution is 7.91. The normalized spacial score (nSPS) is 24.3. The van der Waals surface area contributed by atoms with E-state index in [0.717, 1.165) is 30.6 Å². The van der Waals surface area contributed by atoms with Crippen LogP contribution in [0.2, 0.25) is 10.0 Å². The van der Waals surface area contributed by atoms with Crippen LogP contribution in [0.25, 0.3) is 0 Å². The lowest BCUT2D eigenvalue weighted by molar-refractivity contribution is 0.102. The van der Waals surface area contributed by atoms with Crippen molar-refractivity contribution in [3.63, 3.8) is 0 Å². The minimum atomic E-state index is -3.76. The van der Waals surface area contributed by atoms with Crippen LogP contribution in [-0.2, 0) is 10.0 Å². The lowest BCUT2D eigenvalue weighted by Gasteiger charge is -2.21. The van der Waals surface area contributed by atoms with Gasteiger partial charge in [-0.15, -0.1) is 10.2 Å². The molecule has 2 aliphatic rings. The van der Waals surface area contributed by atoms with E-state index < -0.39 is 15.9 Å². The van der Waals surface area contributed by atoms with Crippen LogP contribution in [0.3, 0.4) is 0 Å². The van der Waals surface area contributed by atoms with Crippen LogP contribution < -0.4 is 10.0 Å². The number of anilines is 1. The summed E-state index contributed by atoms with van der Waals surface area (Å²) >= 11 is 12.6. The van der Waals surface area contributed by atoms with Crippen LogP contribution in [0.5, 0.6) is 0 Å². The fourth-order valence-corrected chi connectivity index (χ4v) is 6.57. The number of hydrogen-bond acceptors (Lipinski definition) is 6. The van der Waals surface area contributed by atoms with Gasteiger partial charge in [0.15, 0.2) is 0 Å². The Morgan fingerprint density at radius 3 is 2.67 bits per heavy atom. The molecule has 2 saturated carbocycles. The highest BCUT2D eigenvalue weighted by Crippen LogP contribution is 2.44. The molecule has 0 aliphatic heterocycles. The lowest BCUT2D eigenvalue weighted by atomic mass is 9.96. The fraction of sp³-hybridized carbons (Fsp3) is 0.438. The van der Waals surface area contributed by atoms with E-state index >= 15 is 0 Å². The monoisotopic (exact) mass is 446 g/mol. The van der Waals surface area contributed by atoms with Crippen molar-refractivity contribution in [1.29, 1.82) is 0 Å². The molecule has 11 heteroatoms. The van der Waals surface area contributed by atoms with Crippen LogP contribution in [0.15, 0.2) is 22.5 Å². The van der Waals surface area contributed by atoms with Crippen molar-refractivity contribution in [2.24, 2.45) is 11.8 Å². The summed E-state index contributed by atoms with van der Waals surface area (Å²) in [5.74, 6) is 0.512. The molecule has 1 aromatic heterocycles. The summed E-state index contributed by atoms with van der Waals surface area (Å²) in [4.78, 5) is 12.3. The highest BCUT2D eigenvalue weighted by atomic mass is 35.5. The number of fused-ring (bicyclic) bond motifs is 2. The van der Waals surface area contributed by atoms with E-state index in [1.807, 2.05) is 0 Å². The van der Waals surface area contributed by atoms with Gasteiger partial charge in [0.05, 0.1) is 10.6 Å². The van der Waals surface area contributed by atoms with Crippen LogP contribution >= 0.6 is 34.5 Å². The predicted molar refractivity (Wildman–Crippen MR) is 104 cm³/mol. The topological polar surface area (TPSA) is 101 Å². The Morgan fingerprint density at radius 1 is 1.19 bits per heavy atom. The molecule has 3 atom stereocenters. The van der Waals surface area contributed by atoms with E-state index in [1.54, 1.807) is 0 Å². The summed E-state index contributed by atoms with van der Waals surface area (Å²) in [7, 11) is -3.76. The number of nitrogens with one attached hydrogen (secondary N) is 2. The first-order valence-electron chi connectivity index (χ1n) is 8.44. The van der Waals surface area contributed by atoms with Gasteiger partial charge in [0.2, 0.25) is 9.47 Å². The zero-order valence-corrected chi connectivity index (χ0v) is 17.1. The van der Waals surface area contributed by atoms with Gasteiger partial charge in [-0.25, -0.2) is 13.1 Å². The second-order valence-electron chi connectivity index (χ2n) is 6.85. The van der Waals surface area contributed by atoms with Crippen molar-refractivity contribution < 1.29 is 13.2 Å². The van der Waals surface area contributed by atoms with E-state index in [9.17, 15) is 13.2 Å². The quantitative estimate of drug-likeness (QED) is 0.683. The first-order chi connectivity index (χ1) is 12.8. The van der Waals surface area contributed by atoms with Gasteiger partial charge >= 0.3 is 0 Å². The summed E-state index contributed by atoms with van der Waals surface area (Å²) in [5.41, 5.74) is 0.209. The Hall–Kier alpha value is -1.26. The zero-order chi connectivity index (χ0) is 19.2. The van der Waals surface area contributed by atoms with Crippen molar-refractivity contribution in [3.8, 4) is 0 Å². The van der Waals surface area contributed by atoms with Gasteiger partial charge in [0.1, 0.15) is 0 Å². The maximum atomic E-state index is 12.6. The third kappa shape index (κ3) is 3.97. The van der Waals surface area contributed by atoms with E-state index in [-0.39, 0.29) is 26.1 Å². The molecular weight excluding hydrogens is 431 g/mol. The molecule has 2 bridgehead atoms. The standard InChI is InChI=1S/C16H16Cl2N4O3S2/c17-10-3-4-11(12(18)7-10)14(23)19-15-20-21-16(26-15)27(24,25)22-13-6-8-1-2-9(13)5-8/h3-4,7-9,13,22H,1-2,5-6H2,(H,19,20,23)/t8-,9-,13+/m1/s1. The summed E-state index contributed by atoms with van der Waals surface area (Å²) in [5, 5.41) is 10.7. The molecular formula is C16H16Cl2N4O3S2. The molecule has 2 aromatic rings. The van der Waals surface area contributed by atoms with Crippen molar-refractivity contribution in [1.82, 2.24) is 14.9 Å². The van der Waals surface area contributed by atoms with Gasteiger partial charge in [-0.2, -0.15) is 0 Å². The maximum absolute atomic E-state index is 12.6. The number of aromatic nitrogens is 2. The smallest absolute Gasteiger partial charge is 0.270 e. The average molecular weight is 447 g/mol. The minimum Gasteiger partial charge on any atom is -0.296 e. The Kier molecular flexibility index (Phi) is 5.15. The van der Waals surface area contributed by atoms with Crippen LogP contribution in [0.4, 0.5) is 5.13 Å². The average Bonchev–Trinajstić information content (AvgIpc) is 3.31. The molecule has 0 saturated heterocycles. The number of nitrogens with zero attached hydrogens (tertiary/aromatic N) is 2. The largest absolute Gasteiger partial charge is 0.296 e. The molecule has 27 heavy (non-hydrogen) atoms. The fourth-order valence-electron chi connectivity index (χ4n) is 3.85. The number of rotatable bonds is 5. The number of amides is 1. The van der Waals surface area contributed by atoms with Crippen molar-refractivity contribution in [3.05, 3.63) is 33.8 Å². The van der Waals surface area contributed by atoms with E-state index in [2.05, 4.69) is 20.2 Å². The first kappa shape index (κ1) is 19.1. The Bertz CT molecular complexity index is 995. The molecule has 144 valence electrons. The van der Waals surface area contributed by atoms with E-state index in [4.69, 9.17) is 23.2 Å². The molecule has 0 radical (unpaired) electrons. The maximum Gasteiger partial charge on any atom is 0.270 e. The minimum absolute atomic E-state index is 0.0384. The Morgan fingerprint density at radius 2 is 2.00 bits per heavy atom. The van der Waals surface area contributed by atoms with Gasteiger partial charge in [-0.05, 0) is 49.3 Å². The van der Waals surface area contributed by atoms with E-state index in [1.165, 1.54) is 24.6 Å². The molecule has 7 nitrogen and oxygen atoms in total. The SMILES string of the molecule is O=C(Nc1nnc(S(=O)(=O)N[C@H]2C[C@@H]3CC[C@@H]2C3)s1)c1ccc(Cl)cc1Cl. The molecule has 4 rings (SSSR count).